The monoisotopic (exact) mass is 525 g/mol. The highest BCUT2D eigenvalue weighted by atomic mass is 35.5. The van der Waals surface area contributed by atoms with E-state index < -0.39 is 0 Å². The second kappa shape index (κ2) is 10.4. The number of hydrogen-bond donors (Lipinski definition) is 0. The number of carbonyl (C=O) groups is 2. The van der Waals surface area contributed by atoms with E-state index in [0.29, 0.717) is 46.8 Å². The molecule has 5 rings (SSSR count). The molecule has 2 aliphatic rings. The molecule has 1 fully saturated rings. The van der Waals surface area contributed by atoms with Crippen LogP contribution in [0.5, 0.6) is 11.5 Å². The maximum atomic E-state index is 13.7. The van der Waals surface area contributed by atoms with E-state index in [1.54, 1.807) is 35.4 Å². The number of fused-ring (bicyclic) bond motifs is 1. The summed E-state index contributed by atoms with van der Waals surface area (Å²) in [4.78, 5) is 34.0. The standard InChI is InChI=1S/C27H25Cl2N3O4/c1-2-35-27(34)19-13-17(19)16-31-11-12-32(23-6-4-3-5-22(23)31)26(33)20-15-30-10-9-24(20)36-25-14-18(28)7-8-21(25)29/h3-10,14-15,17,19H,2,11-13,16H2,1H3. The fourth-order valence-corrected chi connectivity index (χ4v) is 4.86. The molecule has 9 heteroatoms. The number of rotatable bonds is 7. The summed E-state index contributed by atoms with van der Waals surface area (Å²) < 4.78 is 11.2. The third-order valence-electron chi connectivity index (χ3n) is 6.44. The van der Waals surface area contributed by atoms with Gasteiger partial charge in [-0.05, 0) is 49.6 Å². The van der Waals surface area contributed by atoms with Gasteiger partial charge in [-0.1, -0.05) is 35.3 Å². The Balaban J connectivity index is 1.37. The molecule has 3 aromatic rings. The van der Waals surface area contributed by atoms with E-state index in [1.165, 1.54) is 6.20 Å². The Kier molecular flexibility index (Phi) is 7.03. The molecule has 2 atom stereocenters. The fourth-order valence-electron chi connectivity index (χ4n) is 4.54. The van der Waals surface area contributed by atoms with Gasteiger partial charge in [0.2, 0.25) is 0 Å². The first-order valence-electron chi connectivity index (χ1n) is 11.9. The molecular weight excluding hydrogens is 501 g/mol. The number of halogens is 2. The van der Waals surface area contributed by atoms with Gasteiger partial charge < -0.3 is 19.3 Å². The highest BCUT2D eigenvalue weighted by Crippen LogP contribution is 2.43. The van der Waals surface area contributed by atoms with Gasteiger partial charge in [-0.15, -0.1) is 0 Å². The lowest BCUT2D eigenvalue weighted by Gasteiger charge is -2.38. The van der Waals surface area contributed by atoms with Crippen LogP contribution < -0.4 is 14.5 Å². The minimum atomic E-state index is -0.223. The molecule has 1 aliphatic carbocycles. The van der Waals surface area contributed by atoms with Gasteiger partial charge in [-0.2, -0.15) is 0 Å². The molecule has 1 aliphatic heterocycles. The number of anilines is 2. The third-order valence-corrected chi connectivity index (χ3v) is 6.99. The van der Waals surface area contributed by atoms with E-state index >= 15 is 0 Å². The lowest BCUT2D eigenvalue weighted by molar-refractivity contribution is -0.145. The van der Waals surface area contributed by atoms with Crippen LogP contribution in [-0.4, -0.2) is 43.1 Å². The van der Waals surface area contributed by atoms with Gasteiger partial charge in [0.05, 0.1) is 28.9 Å². The predicted octanol–water partition coefficient (Wildman–Crippen LogP) is 5.85. The lowest BCUT2D eigenvalue weighted by atomic mass is 10.1. The van der Waals surface area contributed by atoms with Crippen LogP contribution in [0.4, 0.5) is 11.4 Å². The van der Waals surface area contributed by atoms with E-state index in [1.807, 2.05) is 31.2 Å². The van der Waals surface area contributed by atoms with Crippen molar-refractivity contribution in [1.82, 2.24) is 4.98 Å². The quantitative estimate of drug-likeness (QED) is 0.360. The molecule has 0 saturated heterocycles. The average Bonchev–Trinajstić information content (AvgIpc) is 3.66. The Hall–Kier alpha value is -3.29. The van der Waals surface area contributed by atoms with Crippen LogP contribution in [0.2, 0.25) is 10.0 Å². The molecule has 0 N–H and O–H groups in total. The fraction of sp³-hybridized carbons (Fsp3) is 0.296. The number of para-hydroxylation sites is 2. The zero-order valence-electron chi connectivity index (χ0n) is 19.7. The minimum absolute atomic E-state index is 0.0369. The largest absolute Gasteiger partial charge is 0.466 e. The molecule has 2 unspecified atom stereocenters. The van der Waals surface area contributed by atoms with Crippen molar-refractivity contribution in [3.63, 3.8) is 0 Å². The SMILES string of the molecule is CCOC(=O)C1CC1CN1CCN(C(=O)c2cnccc2Oc2cc(Cl)ccc2Cl)c2ccccc21. The molecule has 0 spiro atoms. The van der Waals surface area contributed by atoms with Crippen molar-refractivity contribution in [2.75, 3.05) is 36.0 Å². The third kappa shape index (κ3) is 4.99. The van der Waals surface area contributed by atoms with Crippen molar-refractivity contribution < 1.29 is 19.1 Å². The molecule has 7 nitrogen and oxygen atoms in total. The summed E-state index contributed by atoms with van der Waals surface area (Å²) in [6, 6.07) is 14.3. The maximum absolute atomic E-state index is 13.7. The minimum Gasteiger partial charge on any atom is -0.466 e. The molecule has 1 saturated carbocycles. The number of hydrogen-bond acceptors (Lipinski definition) is 6. The van der Waals surface area contributed by atoms with Gasteiger partial charge in [-0.3, -0.25) is 14.6 Å². The summed E-state index contributed by atoms with van der Waals surface area (Å²) in [5, 5.41) is 0.858. The van der Waals surface area contributed by atoms with Crippen molar-refractivity contribution in [1.29, 1.82) is 0 Å². The number of ether oxygens (including phenoxy) is 2. The van der Waals surface area contributed by atoms with Gasteiger partial charge >= 0.3 is 5.97 Å². The van der Waals surface area contributed by atoms with Crippen molar-refractivity contribution >= 4 is 46.5 Å². The molecule has 1 amide bonds. The summed E-state index contributed by atoms with van der Waals surface area (Å²) >= 11 is 12.4. The van der Waals surface area contributed by atoms with Crippen molar-refractivity contribution in [3.8, 4) is 11.5 Å². The number of carbonyl (C=O) groups excluding carboxylic acids is 2. The van der Waals surface area contributed by atoms with Crippen molar-refractivity contribution in [2.45, 2.75) is 13.3 Å². The molecule has 186 valence electrons. The van der Waals surface area contributed by atoms with Gasteiger partial charge in [0, 0.05) is 43.1 Å². The maximum Gasteiger partial charge on any atom is 0.309 e. The Bertz CT molecular complexity index is 1300. The van der Waals surface area contributed by atoms with Crippen LogP contribution in [0.25, 0.3) is 0 Å². The summed E-state index contributed by atoms with van der Waals surface area (Å²) in [6.45, 7) is 4.10. The van der Waals surface area contributed by atoms with Crippen molar-refractivity contribution in [3.05, 3.63) is 76.5 Å². The summed E-state index contributed by atoms with van der Waals surface area (Å²) in [5.41, 5.74) is 2.08. The first kappa shape index (κ1) is 24.4. The van der Waals surface area contributed by atoms with Crippen LogP contribution in [0.1, 0.15) is 23.7 Å². The summed E-state index contributed by atoms with van der Waals surface area (Å²) in [7, 11) is 0. The molecule has 2 aromatic carbocycles. The Morgan fingerprint density at radius 1 is 1.06 bits per heavy atom. The van der Waals surface area contributed by atoms with Crippen LogP contribution in [0, 0.1) is 11.8 Å². The van der Waals surface area contributed by atoms with Gasteiger partial charge in [0.15, 0.2) is 0 Å². The van der Waals surface area contributed by atoms with E-state index in [-0.39, 0.29) is 23.7 Å². The molecular formula is C27H25Cl2N3O4. The molecule has 2 heterocycles. The van der Waals surface area contributed by atoms with E-state index in [9.17, 15) is 9.59 Å². The number of benzene rings is 2. The highest BCUT2D eigenvalue weighted by molar-refractivity contribution is 6.34. The van der Waals surface area contributed by atoms with Gasteiger partial charge in [0.1, 0.15) is 17.1 Å². The molecule has 0 bridgehead atoms. The van der Waals surface area contributed by atoms with Crippen LogP contribution in [0.3, 0.4) is 0 Å². The topological polar surface area (TPSA) is 72.0 Å². The second-order valence-corrected chi connectivity index (χ2v) is 9.64. The van der Waals surface area contributed by atoms with Gasteiger partial charge in [0.25, 0.3) is 5.91 Å². The summed E-state index contributed by atoms with van der Waals surface area (Å²) in [5.74, 6) is 0.586. The predicted molar refractivity (Wildman–Crippen MR) is 139 cm³/mol. The first-order valence-corrected chi connectivity index (χ1v) is 12.6. The van der Waals surface area contributed by atoms with E-state index in [0.717, 1.165) is 24.3 Å². The van der Waals surface area contributed by atoms with Gasteiger partial charge in [-0.25, -0.2) is 0 Å². The molecule has 0 radical (unpaired) electrons. The van der Waals surface area contributed by atoms with Crippen LogP contribution >= 0.6 is 23.2 Å². The van der Waals surface area contributed by atoms with Crippen LogP contribution in [0.15, 0.2) is 60.9 Å². The Labute approximate surface area is 219 Å². The normalized spacial score (nSPS) is 18.4. The molecule has 36 heavy (non-hydrogen) atoms. The smallest absolute Gasteiger partial charge is 0.309 e. The number of esters is 1. The first-order chi connectivity index (χ1) is 17.5. The second-order valence-electron chi connectivity index (χ2n) is 8.79. The van der Waals surface area contributed by atoms with E-state index in [4.69, 9.17) is 32.7 Å². The Morgan fingerprint density at radius 3 is 2.67 bits per heavy atom. The number of amides is 1. The zero-order chi connectivity index (χ0) is 25.2. The molecule has 1 aromatic heterocycles. The van der Waals surface area contributed by atoms with Crippen LogP contribution in [-0.2, 0) is 9.53 Å². The Morgan fingerprint density at radius 2 is 1.86 bits per heavy atom. The number of aromatic nitrogens is 1. The lowest BCUT2D eigenvalue weighted by Crippen LogP contribution is -2.45. The van der Waals surface area contributed by atoms with Crippen molar-refractivity contribution in [2.24, 2.45) is 11.8 Å². The zero-order valence-corrected chi connectivity index (χ0v) is 21.2. The number of pyridine rings is 1. The highest BCUT2D eigenvalue weighted by Gasteiger charge is 2.45. The average molecular weight is 526 g/mol. The van der Waals surface area contributed by atoms with E-state index in [2.05, 4.69) is 9.88 Å². The number of nitrogens with zero attached hydrogens (tertiary/aromatic N) is 3. The summed E-state index contributed by atoms with van der Waals surface area (Å²) in [6.07, 6.45) is 3.90.